The number of rotatable bonds is 7. The van der Waals surface area contributed by atoms with Crippen molar-refractivity contribution in [3.63, 3.8) is 0 Å². The van der Waals surface area contributed by atoms with Gasteiger partial charge >= 0.3 is 11.9 Å². The lowest BCUT2D eigenvalue weighted by Gasteiger charge is -2.07. The maximum absolute atomic E-state index is 10.4. The molecule has 0 amide bonds. The number of aliphatic carboxylic acids is 2. The largest absolute Gasteiger partial charge is 0.480 e. The van der Waals surface area contributed by atoms with Gasteiger partial charge in [-0.15, -0.1) is 0 Å². The first-order valence-corrected chi connectivity index (χ1v) is 5.68. The van der Waals surface area contributed by atoms with E-state index in [9.17, 15) is 9.59 Å². The van der Waals surface area contributed by atoms with Crippen LogP contribution in [0, 0.1) is 0 Å². The molecule has 0 aliphatic heterocycles. The molecule has 0 aromatic heterocycles. The summed E-state index contributed by atoms with van der Waals surface area (Å²) in [6.07, 6.45) is 0. The van der Waals surface area contributed by atoms with Gasteiger partial charge < -0.3 is 21.7 Å². The molecule has 0 aromatic rings. The van der Waals surface area contributed by atoms with E-state index >= 15 is 0 Å². The third-order valence-corrected chi connectivity index (χ3v) is 2.95. The predicted molar refractivity (Wildman–Crippen MR) is 56.1 cm³/mol. The summed E-state index contributed by atoms with van der Waals surface area (Å²) in [6.45, 7) is 0. The van der Waals surface area contributed by atoms with Gasteiger partial charge in [0.15, 0.2) is 0 Å². The highest BCUT2D eigenvalue weighted by Crippen LogP contribution is 2.22. The van der Waals surface area contributed by atoms with Gasteiger partial charge in [-0.3, -0.25) is 9.59 Å². The topological polar surface area (TPSA) is 127 Å². The van der Waals surface area contributed by atoms with Crippen molar-refractivity contribution in [3.8, 4) is 0 Å². The molecule has 8 heteroatoms. The maximum Gasteiger partial charge on any atom is 0.321 e. The molecule has 0 heterocycles. The molecule has 0 saturated heterocycles. The van der Waals surface area contributed by atoms with Crippen LogP contribution in [0.3, 0.4) is 0 Å². The number of carbonyl (C=O) groups is 2. The average molecular weight is 250 g/mol. The van der Waals surface area contributed by atoms with Crippen molar-refractivity contribution in [2.45, 2.75) is 12.1 Å². The van der Waals surface area contributed by atoms with Crippen molar-refractivity contribution in [3.05, 3.63) is 0 Å². The molecule has 0 aliphatic rings. The second-order valence-corrected chi connectivity index (χ2v) is 4.28. The standard InChI is InChI=1S/C6H12N2O4S2/c7-3(5(9)10)1-13-14-2-4(8)6(11)12/h3-4H,1-2,7-8H2,(H,9,10)(H,11,12)/t3-,4-/m1/s1/i1+1D,2+1D,3+1,4+1,5+1,6+1,7+1,8+1/t1-,2-,3-,4-. The number of carboxylic acid groups (broad SMARTS) is 2. The highest BCUT2D eigenvalue weighted by Gasteiger charge is 2.14. The van der Waals surface area contributed by atoms with E-state index in [0.717, 1.165) is 0 Å². The van der Waals surface area contributed by atoms with Crippen molar-refractivity contribution < 1.29 is 22.5 Å². The molecule has 6 nitrogen and oxygen atoms in total. The van der Waals surface area contributed by atoms with Gasteiger partial charge in [0.2, 0.25) is 0 Å². The van der Waals surface area contributed by atoms with Crippen LogP contribution in [0.25, 0.3) is 0 Å². The Kier molecular flexibility index (Phi) is 5.00. The molecule has 0 fully saturated rings. The summed E-state index contributed by atoms with van der Waals surface area (Å²) in [5, 5.41) is 17.0. The van der Waals surface area contributed by atoms with Crippen LogP contribution in [0.4, 0.5) is 0 Å². The Hall–Kier alpha value is -0.440. The summed E-state index contributed by atoms with van der Waals surface area (Å²) in [5.41, 5.74) is 7.94. The SMILES string of the molecule is [2H][13C@@H](SS[13C@H]([2H])[13C@@H]([15NH2])[13C](=O)O)[13C@@H]([15NH2])[13C](=O)O. The molecule has 0 bridgehead atoms. The van der Waals surface area contributed by atoms with E-state index in [-0.39, 0.29) is 0 Å². The second-order valence-electron chi connectivity index (χ2n) is 2.19. The van der Waals surface area contributed by atoms with Gasteiger partial charge in [0.1, 0.15) is 12.1 Å². The van der Waals surface area contributed by atoms with Gasteiger partial charge in [-0.25, -0.2) is 0 Å². The summed E-state index contributed by atoms with van der Waals surface area (Å²) in [6, 6.07) is -2.77. The van der Waals surface area contributed by atoms with E-state index in [1.54, 1.807) is 0 Å². The lowest BCUT2D eigenvalue weighted by atomic mass is 11.4. The zero-order valence-corrected chi connectivity index (χ0v) is 8.62. The molecule has 0 unspecified atom stereocenters. The average Bonchev–Trinajstić information content (AvgIpc) is 2.22. The zero-order valence-electron chi connectivity index (χ0n) is 8.99. The maximum atomic E-state index is 10.4. The van der Waals surface area contributed by atoms with Crippen LogP contribution in [-0.4, -0.2) is 45.7 Å². The first kappa shape index (κ1) is 10.1. The summed E-state index contributed by atoms with van der Waals surface area (Å²) in [5.74, 6) is -2.64. The Morgan fingerprint density at radius 3 is 1.64 bits per heavy atom. The minimum Gasteiger partial charge on any atom is -0.480 e. The van der Waals surface area contributed by atoms with Crippen LogP contribution in [0.1, 0.15) is 2.74 Å². The molecule has 0 aromatic carbocycles. The van der Waals surface area contributed by atoms with E-state index < -0.39 is 35.5 Å². The van der Waals surface area contributed by atoms with Gasteiger partial charge in [0.05, 0.1) is 0 Å². The molecule has 0 rings (SSSR count). The highest BCUT2D eigenvalue weighted by atomic mass is 33.1. The Labute approximate surface area is 91.6 Å². The molecule has 0 spiro atoms. The number of hydrogen-bond acceptors (Lipinski definition) is 6. The summed E-state index contributed by atoms with van der Waals surface area (Å²) >= 11 is 0. The Bertz CT molecular complexity index is 245. The first-order valence-electron chi connectivity index (χ1n) is 4.56. The van der Waals surface area contributed by atoms with Crippen LogP contribution >= 0.6 is 21.6 Å². The fourth-order valence-electron chi connectivity index (χ4n) is 0.300. The van der Waals surface area contributed by atoms with Gasteiger partial charge in [0, 0.05) is 14.2 Å². The Morgan fingerprint density at radius 1 is 1.14 bits per heavy atom. The number of carboxylic acids is 2. The monoisotopic (exact) mass is 250 g/mol. The highest BCUT2D eigenvalue weighted by molar-refractivity contribution is 8.76. The van der Waals surface area contributed by atoms with Crippen molar-refractivity contribution in [2.75, 3.05) is 11.5 Å². The van der Waals surface area contributed by atoms with E-state index in [4.69, 9.17) is 24.4 Å². The molecular formula is C6H12N2O4S2. The van der Waals surface area contributed by atoms with E-state index in [2.05, 4.69) is 0 Å². The second kappa shape index (κ2) is 6.93. The van der Waals surface area contributed by atoms with Crippen molar-refractivity contribution in [1.29, 1.82) is 0 Å². The summed E-state index contributed by atoms with van der Waals surface area (Å²) in [7, 11) is 1.43. The van der Waals surface area contributed by atoms with E-state index in [1.807, 2.05) is 0 Å². The molecule has 14 heavy (non-hydrogen) atoms. The van der Waals surface area contributed by atoms with Crippen molar-refractivity contribution in [1.82, 2.24) is 0 Å². The molecule has 4 atom stereocenters. The molecule has 6 N–H and O–H groups in total. The van der Waals surface area contributed by atoms with Gasteiger partial charge in [-0.1, -0.05) is 21.6 Å². The number of nitrogens with two attached hydrogens (primary N) is 2. The van der Waals surface area contributed by atoms with Gasteiger partial charge in [-0.05, 0) is 0 Å². The van der Waals surface area contributed by atoms with Crippen LogP contribution in [-0.2, 0) is 9.59 Å². The predicted octanol–water partition coefficient (Wildman–Crippen LogP) is -0.808. The van der Waals surface area contributed by atoms with Gasteiger partial charge in [0.25, 0.3) is 0 Å². The molecule has 82 valence electrons. The van der Waals surface area contributed by atoms with Crippen LogP contribution in [0.15, 0.2) is 0 Å². The fraction of sp³-hybridized carbons (Fsp3) is 0.667. The van der Waals surface area contributed by atoms with E-state index in [1.165, 1.54) is 0 Å². The Morgan fingerprint density at radius 2 is 1.43 bits per heavy atom. The number of hydrogen-bond donors (Lipinski definition) is 4. The summed E-state index contributed by atoms with van der Waals surface area (Å²) in [4.78, 5) is 20.8. The third kappa shape index (κ3) is 6.08. The first-order chi connectivity index (χ1) is 7.27. The zero-order chi connectivity index (χ0) is 12.9. The normalized spacial score (nSPS) is 21.3. The lowest BCUT2D eigenvalue weighted by molar-refractivity contribution is -0.138. The molecule has 0 radical (unpaired) electrons. The lowest BCUT2D eigenvalue weighted by Crippen LogP contribution is -2.33. The van der Waals surface area contributed by atoms with E-state index in [0.29, 0.717) is 21.6 Å². The van der Waals surface area contributed by atoms with Crippen molar-refractivity contribution in [2.24, 2.45) is 11.5 Å². The summed E-state index contributed by atoms with van der Waals surface area (Å²) < 4.78 is 14.6. The fourth-order valence-corrected chi connectivity index (χ4v) is 2.00. The Balaban J connectivity index is 4.05. The van der Waals surface area contributed by atoms with Crippen LogP contribution in [0.5, 0.6) is 0 Å². The smallest absolute Gasteiger partial charge is 0.321 e. The molecule has 0 saturated carbocycles. The molecular weight excluding hydrogens is 236 g/mol. The minimum absolute atomic E-state index is 0.713. The van der Waals surface area contributed by atoms with Crippen LogP contribution < -0.4 is 11.5 Å². The molecule has 0 aliphatic carbocycles. The third-order valence-electron chi connectivity index (χ3n) is 1.03. The van der Waals surface area contributed by atoms with Gasteiger partial charge in [-0.2, -0.15) is 0 Å². The minimum atomic E-state index is -1.38. The van der Waals surface area contributed by atoms with Crippen LogP contribution in [0.2, 0.25) is 0 Å². The van der Waals surface area contributed by atoms with Crippen molar-refractivity contribution >= 4 is 33.5 Å². The quantitative estimate of drug-likeness (QED) is 0.262.